The quantitative estimate of drug-likeness (QED) is 0.691. The fraction of sp³-hybridized carbons (Fsp3) is 0.778. The topological polar surface area (TPSA) is 95.5 Å². The van der Waals surface area contributed by atoms with Crippen LogP contribution < -0.4 is 5.32 Å². The van der Waals surface area contributed by atoms with E-state index in [0.717, 1.165) is 0 Å². The summed E-state index contributed by atoms with van der Waals surface area (Å²) in [6.45, 7) is 5.01. The Labute approximate surface area is 88.2 Å². The first-order valence-corrected chi connectivity index (χ1v) is 4.58. The maximum absolute atomic E-state index is 11.1. The Bertz CT molecular complexity index is 233. The molecule has 1 amide bonds. The molecule has 6 heteroatoms. The summed E-state index contributed by atoms with van der Waals surface area (Å²) in [5.41, 5.74) is -0.670. The Morgan fingerprint density at radius 1 is 1.40 bits per heavy atom. The van der Waals surface area contributed by atoms with E-state index in [1.807, 2.05) is 5.32 Å². The van der Waals surface area contributed by atoms with Gasteiger partial charge in [0.05, 0.1) is 0 Å². The molecule has 0 aromatic carbocycles. The van der Waals surface area contributed by atoms with Crippen molar-refractivity contribution in [1.29, 1.82) is 0 Å². The number of rotatable bonds is 4. The lowest BCUT2D eigenvalue weighted by Gasteiger charge is -2.20. The van der Waals surface area contributed by atoms with Crippen molar-refractivity contribution in [3.05, 3.63) is 0 Å². The molecule has 0 spiro atoms. The largest absolute Gasteiger partial charge is 0.481 e. The summed E-state index contributed by atoms with van der Waals surface area (Å²) in [5, 5.41) is 21.4. The van der Waals surface area contributed by atoms with Crippen LogP contribution in [0.15, 0.2) is 0 Å². The molecule has 0 aromatic heterocycles. The van der Waals surface area contributed by atoms with Gasteiger partial charge in [0, 0.05) is 12.8 Å². The highest BCUT2D eigenvalue weighted by atomic mass is 16.6. The molecule has 1 atom stereocenters. The zero-order chi connectivity index (χ0) is 12.1. The van der Waals surface area contributed by atoms with Crippen LogP contribution in [-0.2, 0) is 14.6 Å². The Morgan fingerprint density at radius 3 is 2.33 bits per heavy atom. The average Bonchev–Trinajstić information content (AvgIpc) is 1.96. The van der Waals surface area contributed by atoms with Gasteiger partial charge in [-0.1, -0.05) is 0 Å². The van der Waals surface area contributed by atoms with Crippen molar-refractivity contribution in [2.24, 2.45) is 0 Å². The van der Waals surface area contributed by atoms with E-state index in [9.17, 15) is 14.7 Å². The molecule has 0 saturated heterocycles. The molecule has 0 saturated carbocycles. The minimum Gasteiger partial charge on any atom is -0.481 e. The van der Waals surface area contributed by atoms with Crippen molar-refractivity contribution in [1.82, 2.24) is 5.32 Å². The second-order valence-corrected chi connectivity index (χ2v) is 4.07. The van der Waals surface area contributed by atoms with E-state index in [1.165, 1.54) is 0 Å². The van der Waals surface area contributed by atoms with Gasteiger partial charge in [-0.15, -0.1) is 0 Å². The van der Waals surface area contributed by atoms with Crippen LogP contribution in [0.2, 0.25) is 0 Å². The summed E-state index contributed by atoms with van der Waals surface area (Å²) >= 11 is 0. The van der Waals surface area contributed by atoms with Gasteiger partial charge in [-0.25, -0.2) is 9.90 Å². The number of hydrogen-bond acceptors (Lipinski definition) is 3. The second kappa shape index (κ2) is 5.55. The van der Waals surface area contributed by atoms with Crippen molar-refractivity contribution in [2.75, 3.05) is 0 Å². The highest BCUT2D eigenvalue weighted by Crippen LogP contribution is 2.07. The van der Waals surface area contributed by atoms with Crippen LogP contribution in [-0.4, -0.2) is 29.0 Å². The number of nitrogens with one attached hydrogen (secondary N) is 1. The van der Waals surface area contributed by atoms with Crippen molar-refractivity contribution >= 4 is 12.1 Å². The van der Waals surface area contributed by atoms with Crippen LogP contribution in [0.1, 0.15) is 33.6 Å². The predicted molar refractivity (Wildman–Crippen MR) is 50.7 cm³/mol. The first kappa shape index (κ1) is 13.7. The van der Waals surface area contributed by atoms with Crippen LogP contribution in [0.3, 0.4) is 0 Å². The van der Waals surface area contributed by atoms with Gasteiger partial charge in [0.25, 0.3) is 0 Å². The minimum atomic E-state index is -1.45. The van der Waals surface area contributed by atoms with E-state index in [1.54, 1.807) is 20.8 Å². The molecule has 0 rings (SSSR count). The maximum Gasteiger partial charge on any atom is 0.409 e. The Kier molecular flexibility index (Phi) is 5.07. The highest BCUT2D eigenvalue weighted by molar-refractivity contribution is 5.68. The third-order valence-corrected chi connectivity index (χ3v) is 1.30. The second-order valence-electron chi connectivity index (χ2n) is 4.07. The maximum atomic E-state index is 11.1. The molecule has 0 aromatic rings. The normalized spacial score (nSPS) is 13.1. The third kappa shape index (κ3) is 9.01. The zero-order valence-electron chi connectivity index (χ0n) is 9.07. The zero-order valence-corrected chi connectivity index (χ0v) is 9.07. The van der Waals surface area contributed by atoms with Crippen LogP contribution in [0.5, 0.6) is 0 Å². The Morgan fingerprint density at radius 2 is 1.93 bits per heavy atom. The molecular formula is C9H16NO5. The monoisotopic (exact) mass is 218 g/mol. The Balaban J connectivity index is 3.81. The number of carboxylic acid groups (broad SMARTS) is 1. The van der Waals surface area contributed by atoms with E-state index >= 15 is 0 Å². The van der Waals surface area contributed by atoms with Crippen LogP contribution in [0.25, 0.3) is 0 Å². The summed E-state index contributed by atoms with van der Waals surface area (Å²) < 4.78 is 4.82. The number of amides is 1. The molecule has 15 heavy (non-hydrogen) atoms. The van der Waals surface area contributed by atoms with Gasteiger partial charge in [0.2, 0.25) is 0 Å². The SMILES string of the molecule is CC(C)(C)OC(=O)NC([O])CCC(=O)O. The Hall–Kier alpha value is -1.30. The van der Waals surface area contributed by atoms with E-state index in [-0.39, 0.29) is 12.8 Å². The summed E-state index contributed by atoms with van der Waals surface area (Å²) in [6.07, 6.45) is -2.71. The molecule has 1 radical (unpaired) electrons. The average molecular weight is 218 g/mol. The number of ether oxygens (including phenoxy) is 1. The van der Waals surface area contributed by atoms with Gasteiger partial charge in [0.15, 0.2) is 6.23 Å². The molecule has 1 unspecified atom stereocenters. The van der Waals surface area contributed by atoms with Gasteiger partial charge < -0.3 is 9.84 Å². The summed E-state index contributed by atoms with van der Waals surface area (Å²) in [4.78, 5) is 21.2. The minimum absolute atomic E-state index is 0.158. The van der Waals surface area contributed by atoms with Crippen molar-refractivity contribution in [3.8, 4) is 0 Å². The summed E-state index contributed by atoms with van der Waals surface area (Å²) in [5.74, 6) is -1.07. The lowest BCUT2D eigenvalue weighted by Crippen LogP contribution is -2.38. The number of carboxylic acids is 1. The van der Waals surface area contributed by atoms with Gasteiger partial charge in [0.1, 0.15) is 5.60 Å². The number of carbonyl (C=O) groups excluding carboxylic acids is 1. The van der Waals surface area contributed by atoms with Crippen LogP contribution >= 0.6 is 0 Å². The van der Waals surface area contributed by atoms with Crippen LogP contribution in [0.4, 0.5) is 4.79 Å². The predicted octanol–water partition coefficient (Wildman–Crippen LogP) is 1.13. The summed E-state index contributed by atoms with van der Waals surface area (Å²) in [7, 11) is 0. The molecule has 6 nitrogen and oxygen atoms in total. The number of hydrogen-bond donors (Lipinski definition) is 2. The smallest absolute Gasteiger partial charge is 0.409 e. The molecule has 0 aliphatic carbocycles. The van der Waals surface area contributed by atoms with Crippen molar-refractivity contribution in [3.63, 3.8) is 0 Å². The number of aliphatic carboxylic acids is 1. The molecule has 0 fully saturated rings. The van der Waals surface area contributed by atoms with Crippen molar-refractivity contribution in [2.45, 2.75) is 45.4 Å². The van der Waals surface area contributed by atoms with Gasteiger partial charge >= 0.3 is 12.1 Å². The molecular weight excluding hydrogens is 202 g/mol. The number of carbonyl (C=O) groups is 2. The molecule has 0 heterocycles. The standard InChI is InChI=1S/C9H16NO5/c1-9(2,3)15-8(14)10-6(11)4-5-7(12)13/h6H,4-5H2,1-3H3,(H,10,14)(H,12,13). The summed E-state index contributed by atoms with van der Waals surface area (Å²) in [6, 6.07) is 0. The molecule has 0 aliphatic rings. The highest BCUT2D eigenvalue weighted by Gasteiger charge is 2.19. The van der Waals surface area contributed by atoms with Gasteiger partial charge in [-0.2, -0.15) is 0 Å². The van der Waals surface area contributed by atoms with E-state index in [4.69, 9.17) is 9.84 Å². The van der Waals surface area contributed by atoms with E-state index < -0.39 is 23.9 Å². The molecule has 0 bridgehead atoms. The first-order valence-electron chi connectivity index (χ1n) is 4.58. The lowest BCUT2D eigenvalue weighted by atomic mass is 10.2. The fourth-order valence-corrected chi connectivity index (χ4v) is 0.766. The van der Waals surface area contributed by atoms with Gasteiger partial charge in [-0.05, 0) is 20.8 Å². The third-order valence-electron chi connectivity index (χ3n) is 1.30. The molecule has 87 valence electrons. The van der Waals surface area contributed by atoms with Crippen LogP contribution in [0, 0.1) is 0 Å². The lowest BCUT2D eigenvalue weighted by molar-refractivity contribution is -0.138. The van der Waals surface area contributed by atoms with E-state index in [0.29, 0.717) is 0 Å². The molecule has 0 aliphatic heterocycles. The first-order chi connectivity index (χ1) is 6.70. The fourth-order valence-electron chi connectivity index (χ4n) is 0.766. The number of alkyl carbamates (subject to hydrolysis) is 1. The van der Waals surface area contributed by atoms with Crippen molar-refractivity contribution < 1.29 is 24.5 Å². The molecule has 2 N–H and O–H groups in total. The van der Waals surface area contributed by atoms with Gasteiger partial charge in [-0.3, -0.25) is 10.1 Å². The van der Waals surface area contributed by atoms with E-state index in [2.05, 4.69) is 0 Å².